The molecule has 0 aliphatic heterocycles. The summed E-state index contributed by atoms with van der Waals surface area (Å²) in [5, 5.41) is 2.50. The Hall–Kier alpha value is -1.08. The predicted octanol–water partition coefficient (Wildman–Crippen LogP) is 0.806. The van der Waals surface area contributed by atoms with Gasteiger partial charge in [-0.15, -0.1) is 0 Å². The van der Waals surface area contributed by atoms with Crippen LogP contribution in [0.3, 0.4) is 0 Å². The van der Waals surface area contributed by atoms with Crippen molar-refractivity contribution in [2.75, 3.05) is 24.3 Å². The molecule has 1 aromatic rings. The normalized spacial score (nSPS) is 11.2. The van der Waals surface area contributed by atoms with Crippen molar-refractivity contribution in [1.82, 2.24) is 5.32 Å². The first kappa shape index (κ1) is 14.0. The number of nitrogen functional groups attached to an aromatic ring is 1. The fourth-order valence-electron chi connectivity index (χ4n) is 1.17. The Morgan fingerprint density at radius 3 is 2.71 bits per heavy atom. The molecule has 17 heavy (non-hydrogen) atoms. The summed E-state index contributed by atoms with van der Waals surface area (Å²) in [4.78, 5) is 11.7. The van der Waals surface area contributed by atoms with Gasteiger partial charge >= 0.3 is 0 Å². The van der Waals surface area contributed by atoms with Gasteiger partial charge in [0.2, 0.25) is 0 Å². The number of amides is 1. The molecule has 0 saturated carbocycles. The average molecular weight is 321 g/mol. The summed E-state index contributed by atoms with van der Waals surface area (Å²) in [5.41, 5.74) is 6.33. The van der Waals surface area contributed by atoms with E-state index in [0.29, 0.717) is 11.3 Å². The zero-order valence-corrected chi connectivity index (χ0v) is 11.6. The van der Waals surface area contributed by atoms with Crippen LogP contribution in [-0.2, 0) is 9.84 Å². The molecular formula is C10H13BrN2O3S. The molecule has 7 heteroatoms. The van der Waals surface area contributed by atoms with Crippen molar-refractivity contribution in [2.45, 2.75) is 0 Å². The topological polar surface area (TPSA) is 89.3 Å². The molecule has 0 fully saturated rings. The van der Waals surface area contributed by atoms with Gasteiger partial charge in [0.25, 0.3) is 5.91 Å². The molecule has 0 radical (unpaired) electrons. The van der Waals surface area contributed by atoms with Crippen LogP contribution in [0.2, 0.25) is 0 Å². The SMILES string of the molecule is CS(=O)(=O)CCNC(=O)c1cc(Br)ccc1N. The molecule has 0 aromatic heterocycles. The van der Waals surface area contributed by atoms with Crippen LogP contribution < -0.4 is 11.1 Å². The van der Waals surface area contributed by atoms with Crippen molar-refractivity contribution in [3.05, 3.63) is 28.2 Å². The Balaban J connectivity index is 2.67. The fraction of sp³-hybridized carbons (Fsp3) is 0.300. The maximum atomic E-state index is 11.7. The monoisotopic (exact) mass is 320 g/mol. The van der Waals surface area contributed by atoms with E-state index in [4.69, 9.17) is 5.73 Å². The van der Waals surface area contributed by atoms with E-state index < -0.39 is 9.84 Å². The summed E-state index contributed by atoms with van der Waals surface area (Å²) >= 11 is 3.23. The highest BCUT2D eigenvalue weighted by molar-refractivity contribution is 9.10. The van der Waals surface area contributed by atoms with Gasteiger partial charge in [0, 0.05) is 23.0 Å². The fourth-order valence-corrected chi connectivity index (χ4v) is 2.00. The first-order valence-electron chi connectivity index (χ1n) is 4.80. The molecule has 94 valence electrons. The zero-order valence-electron chi connectivity index (χ0n) is 9.23. The van der Waals surface area contributed by atoms with Gasteiger partial charge < -0.3 is 11.1 Å². The van der Waals surface area contributed by atoms with E-state index in [1.54, 1.807) is 18.2 Å². The lowest BCUT2D eigenvalue weighted by Gasteiger charge is -2.07. The lowest BCUT2D eigenvalue weighted by molar-refractivity contribution is 0.0957. The van der Waals surface area contributed by atoms with Crippen LogP contribution in [0.25, 0.3) is 0 Å². The van der Waals surface area contributed by atoms with Crippen molar-refractivity contribution >= 4 is 37.4 Å². The maximum Gasteiger partial charge on any atom is 0.253 e. The number of anilines is 1. The zero-order chi connectivity index (χ0) is 13.1. The minimum Gasteiger partial charge on any atom is -0.398 e. The number of rotatable bonds is 4. The van der Waals surface area contributed by atoms with Crippen LogP contribution in [0, 0.1) is 0 Å². The predicted molar refractivity (Wildman–Crippen MR) is 70.6 cm³/mol. The smallest absolute Gasteiger partial charge is 0.253 e. The molecule has 0 atom stereocenters. The van der Waals surface area contributed by atoms with Gasteiger partial charge in [-0.05, 0) is 18.2 Å². The molecular weight excluding hydrogens is 308 g/mol. The molecule has 0 aliphatic rings. The van der Waals surface area contributed by atoms with Gasteiger partial charge in [-0.25, -0.2) is 8.42 Å². The van der Waals surface area contributed by atoms with E-state index in [-0.39, 0.29) is 18.2 Å². The van der Waals surface area contributed by atoms with Crippen molar-refractivity contribution in [3.63, 3.8) is 0 Å². The first-order chi connectivity index (χ1) is 7.79. The third-order valence-electron chi connectivity index (χ3n) is 2.02. The highest BCUT2D eigenvalue weighted by Gasteiger charge is 2.10. The number of nitrogens with two attached hydrogens (primary N) is 1. The van der Waals surface area contributed by atoms with E-state index in [0.717, 1.165) is 10.7 Å². The molecule has 3 N–H and O–H groups in total. The Kier molecular flexibility index (Phi) is 4.53. The molecule has 5 nitrogen and oxygen atoms in total. The van der Waals surface area contributed by atoms with E-state index in [9.17, 15) is 13.2 Å². The van der Waals surface area contributed by atoms with Crippen LogP contribution in [0.15, 0.2) is 22.7 Å². The summed E-state index contributed by atoms with van der Waals surface area (Å²) in [6.07, 6.45) is 1.12. The molecule has 0 saturated heterocycles. The number of carbonyl (C=O) groups excluding carboxylic acids is 1. The molecule has 1 aromatic carbocycles. The Labute approximate surface area is 108 Å². The van der Waals surface area contributed by atoms with Crippen molar-refractivity contribution < 1.29 is 13.2 Å². The summed E-state index contributed by atoms with van der Waals surface area (Å²) in [6, 6.07) is 4.92. The second-order valence-corrected chi connectivity index (χ2v) is 6.79. The standard InChI is InChI=1S/C10H13BrN2O3S/c1-17(15,16)5-4-13-10(14)8-6-7(11)2-3-9(8)12/h2-3,6H,4-5,12H2,1H3,(H,13,14). The van der Waals surface area contributed by atoms with E-state index >= 15 is 0 Å². The lowest BCUT2D eigenvalue weighted by Crippen LogP contribution is -2.29. The number of hydrogen-bond acceptors (Lipinski definition) is 4. The minimum atomic E-state index is -3.08. The van der Waals surface area contributed by atoms with Crippen LogP contribution in [0.5, 0.6) is 0 Å². The molecule has 0 unspecified atom stereocenters. The van der Waals surface area contributed by atoms with Gasteiger partial charge in [-0.3, -0.25) is 4.79 Å². The number of benzene rings is 1. The highest BCUT2D eigenvalue weighted by atomic mass is 79.9. The second kappa shape index (κ2) is 5.50. The van der Waals surface area contributed by atoms with E-state index in [1.165, 1.54) is 0 Å². The first-order valence-corrected chi connectivity index (χ1v) is 7.66. The largest absolute Gasteiger partial charge is 0.398 e. The summed E-state index contributed by atoms with van der Waals surface area (Å²) < 4.78 is 22.5. The summed E-state index contributed by atoms with van der Waals surface area (Å²) in [5.74, 6) is -0.473. The van der Waals surface area contributed by atoms with Crippen LogP contribution in [0.1, 0.15) is 10.4 Å². The van der Waals surface area contributed by atoms with Crippen molar-refractivity contribution in [1.29, 1.82) is 0 Å². The van der Waals surface area contributed by atoms with E-state index in [1.807, 2.05) is 0 Å². The number of hydrogen-bond donors (Lipinski definition) is 2. The third kappa shape index (κ3) is 4.74. The van der Waals surface area contributed by atoms with Gasteiger partial charge in [0.1, 0.15) is 9.84 Å². The van der Waals surface area contributed by atoms with Crippen molar-refractivity contribution in [2.24, 2.45) is 0 Å². The number of nitrogens with one attached hydrogen (secondary N) is 1. The third-order valence-corrected chi connectivity index (χ3v) is 3.46. The van der Waals surface area contributed by atoms with Gasteiger partial charge in [0.05, 0.1) is 11.3 Å². The number of halogens is 1. The van der Waals surface area contributed by atoms with Gasteiger partial charge in [-0.2, -0.15) is 0 Å². The molecule has 0 bridgehead atoms. The van der Waals surface area contributed by atoms with Crippen LogP contribution in [0.4, 0.5) is 5.69 Å². The Morgan fingerprint density at radius 2 is 2.12 bits per heavy atom. The second-order valence-electron chi connectivity index (χ2n) is 3.62. The highest BCUT2D eigenvalue weighted by Crippen LogP contribution is 2.18. The van der Waals surface area contributed by atoms with Crippen LogP contribution >= 0.6 is 15.9 Å². The summed E-state index contributed by atoms with van der Waals surface area (Å²) in [6.45, 7) is 0.0730. The Bertz CT molecular complexity index is 528. The number of sulfone groups is 1. The molecule has 1 amide bonds. The van der Waals surface area contributed by atoms with Crippen LogP contribution in [-0.4, -0.2) is 32.9 Å². The number of carbonyl (C=O) groups is 1. The minimum absolute atomic E-state index is 0.0730. The van der Waals surface area contributed by atoms with Gasteiger partial charge in [0.15, 0.2) is 0 Å². The Morgan fingerprint density at radius 1 is 1.47 bits per heavy atom. The molecule has 0 heterocycles. The molecule has 0 spiro atoms. The lowest BCUT2D eigenvalue weighted by atomic mass is 10.2. The van der Waals surface area contributed by atoms with E-state index in [2.05, 4.69) is 21.2 Å². The average Bonchev–Trinajstić information content (AvgIpc) is 2.19. The molecule has 1 rings (SSSR count). The van der Waals surface area contributed by atoms with Crippen molar-refractivity contribution in [3.8, 4) is 0 Å². The maximum absolute atomic E-state index is 11.7. The molecule has 0 aliphatic carbocycles. The summed E-state index contributed by atoms with van der Waals surface area (Å²) in [7, 11) is -3.08. The van der Waals surface area contributed by atoms with Gasteiger partial charge in [-0.1, -0.05) is 15.9 Å². The quantitative estimate of drug-likeness (QED) is 0.803.